The van der Waals surface area contributed by atoms with Crippen LogP contribution in [0.5, 0.6) is 0 Å². The monoisotopic (exact) mass is 422 g/mol. The minimum absolute atomic E-state index is 0.238. The largest absolute Gasteiger partial charge is 0.462 e. The molecule has 0 aliphatic carbocycles. The first kappa shape index (κ1) is 22.1. The Morgan fingerprint density at radius 3 is 2.06 bits per heavy atom. The molecule has 0 saturated carbocycles. The van der Waals surface area contributed by atoms with Crippen LogP contribution in [0, 0.1) is 27.7 Å². The number of nitrogens with zero attached hydrogens (tertiary/aromatic N) is 1. The predicted octanol–water partition coefficient (Wildman–Crippen LogP) is 4.26. The topological polar surface area (TPSA) is 90.4 Å². The highest BCUT2D eigenvalue weighted by molar-refractivity contribution is 6.03. The molecule has 0 radical (unpaired) electrons. The number of esters is 2. The van der Waals surface area contributed by atoms with E-state index in [0.717, 1.165) is 17.1 Å². The molecular weight excluding hydrogens is 396 g/mol. The van der Waals surface area contributed by atoms with Crippen LogP contribution in [0.1, 0.15) is 60.8 Å². The first-order chi connectivity index (χ1) is 14.7. The number of ether oxygens (including phenoxy) is 2. The number of carbonyl (C=O) groups excluding carboxylic acids is 3. The van der Waals surface area contributed by atoms with Gasteiger partial charge in [-0.05, 0) is 76.6 Å². The summed E-state index contributed by atoms with van der Waals surface area (Å²) in [5.74, 6) is -1.50. The van der Waals surface area contributed by atoms with Crippen LogP contribution in [-0.2, 0) is 9.47 Å². The number of benzene rings is 1. The lowest BCUT2D eigenvalue weighted by atomic mass is 10.1. The zero-order valence-electron chi connectivity index (χ0n) is 18.4. The lowest BCUT2D eigenvalue weighted by molar-refractivity contribution is 0.0472. The van der Waals surface area contributed by atoms with Gasteiger partial charge in [0.25, 0.3) is 0 Å². The van der Waals surface area contributed by atoms with Gasteiger partial charge < -0.3 is 19.0 Å². The molecule has 0 unspecified atom stereocenters. The molecule has 31 heavy (non-hydrogen) atoms. The van der Waals surface area contributed by atoms with Crippen molar-refractivity contribution >= 4 is 17.7 Å². The molecular formula is C24H26N2O5. The van der Waals surface area contributed by atoms with Gasteiger partial charge in [0.1, 0.15) is 0 Å². The van der Waals surface area contributed by atoms with Gasteiger partial charge >= 0.3 is 11.9 Å². The summed E-state index contributed by atoms with van der Waals surface area (Å²) in [6, 6.07) is 11.1. The normalized spacial score (nSPS) is 10.7. The number of aromatic amines is 1. The van der Waals surface area contributed by atoms with Crippen LogP contribution in [-0.4, -0.2) is 40.5 Å². The minimum atomic E-state index is -0.590. The van der Waals surface area contributed by atoms with Gasteiger partial charge in [0.2, 0.25) is 5.78 Å². The predicted molar refractivity (Wildman–Crippen MR) is 116 cm³/mol. The van der Waals surface area contributed by atoms with E-state index in [1.807, 2.05) is 38.1 Å². The fraction of sp³-hybridized carbons (Fsp3) is 0.292. The summed E-state index contributed by atoms with van der Waals surface area (Å²) in [6.07, 6.45) is 0. The molecule has 0 aliphatic heterocycles. The fourth-order valence-electron chi connectivity index (χ4n) is 3.65. The van der Waals surface area contributed by atoms with E-state index in [1.54, 1.807) is 32.9 Å². The minimum Gasteiger partial charge on any atom is -0.462 e. The van der Waals surface area contributed by atoms with E-state index >= 15 is 0 Å². The van der Waals surface area contributed by atoms with E-state index in [1.165, 1.54) is 0 Å². The van der Waals surface area contributed by atoms with Gasteiger partial charge in [-0.2, -0.15) is 0 Å². The van der Waals surface area contributed by atoms with Crippen molar-refractivity contribution in [2.45, 2.75) is 34.6 Å². The Balaban J connectivity index is 1.68. The molecule has 0 aliphatic rings. The molecule has 0 bridgehead atoms. The molecule has 7 heteroatoms. The molecule has 0 spiro atoms. The second kappa shape index (κ2) is 9.04. The molecule has 0 saturated heterocycles. The molecule has 1 aromatic carbocycles. The number of rotatable bonds is 7. The summed E-state index contributed by atoms with van der Waals surface area (Å²) in [7, 11) is 0. The number of nitrogens with one attached hydrogen (secondary N) is 1. The highest BCUT2D eigenvalue weighted by Gasteiger charge is 2.23. The molecule has 7 nitrogen and oxygen atoms in total. The summed E-state index contributed by atoms with van der Waals surface area (Å²) in [5, 5.41) is 0. The van der Waals surface area contributed by atoms with E-state index in [-0.39, 0.29) is 12.3 Å². The Bertz CT molecular complexity index is 1120. The second-order valence-corrected chi connectivity index (χ2v) is 7.34. The standard InChI is InChI=1S/C24H26N2O5/c1-6-30-24(29)21-16(4)22(25-17(21)5)20(27)13-31-23(28)18-9-11-19(12-10-18)26-14(2)7-8-15(26)3/h7-12,25H,6,13H2,1-5H3. The number of hydrogen-bond acceptors (Lipinski definition) is 5. The van der Waals surface area contributed by atoms with Gasteiger partial charge in [-0.25, -0.2) is 9.59 Å². The third kappa shape index (κ3) is 4.45. The molecule has 0 atom stereocenters. The number of aromatic nitrogens is 2. The zero-order chi connectivity index (χ0) is 22.7. The van der Waals surface area contributed by atoms with Gasteiger partial charge in [-0.15, -0.1) is 0 Å². The molecule has 2 heterocycles. The summed E-state index contributed by atoms with van der Waals surface area (Å²) < 4.78 is 12.3. The SMILES string of the molecule is CCOC(=O)c1c(C)[nH]c(C(=O)COC(=O)c2ccc(-n3c(C)ccc3C)cc2)c1C. The lowest BCUT2D eigenvalue weighted by Gasteiger charge is -2.10. The van der Waals surface area contributed by atoms with Crippen molar-refractivity contribution in [2.24, 2.45) is 0 Å². The number of Topliss-reactive ketones (excluding diaryl/α,β-unsaturated/α-hetero) is 1. The van der Waals surface area contributed by atoms with Gasteiger partial charge in [-0.1, -0.05) is 0 Å². The average molecular weight is 422 g/mol. The first-order valence-corrected chi connectivity index (χ1v) is 10.1. The number of hydrogen-bond donors (Lipinski definition) is 1. The van der Waals surface area contributed by atoms with Crippen LogP contribution in [0.2, 0.25) is 0 Å². The van der Waals surface area contributed by atoms with Crippen molar-refractivity contribution in [3.63, 3.8) is 0 Å². The smallest absolute Gasteiger partial charge is 0.340 e. The third-order valence-corrected chi connectivity index (χ3v) is 5.16. The second-order valence-electron chi connectivity index (χ2n) is 7.34. The van der Waals surface area contributed by atoms with Crippen molar-refractivity contribution in [1.82, 2.24) is 9.55 Å². The van der Waals surface area contributed by atoms with Crippen LogP contribution >= 0.6 is 0 Å². The number of ketones is 1. The molecule has 0 fully saturated rings. The maximum absolute atomic E-state index is 12.6. The summed E-state index contributed by atoms with van der Waals surface area (Å²) in [4.78, 5) is 40.0. The van der Waals surface area contributed by atoms with Crippen LogP contribution in [0.4, 0.5) is 0 Å². The van der Waals surface area contributed by atoms with Gasteiger partial charge in [-0.3, -0.25) is 4.79 Å². The van der Waals surface area contributed by atoms with E-state index in [2.05, 4.69) is 9.55 Å². The zero-order valence-corrected chi connectivity index (χ0v) is 18.4. The van der Waals surface area contributed by atoms with E-state index in [9.17, 15) is 14.4 Å². The van der Waals surface area contributed by atoms with Gasteiger partial charge in [0, 0.05) is 22.8 Å². The molecule has 162 valence electrons. The van der Waals surface area contributed by atoms with Crippen molar-refractivity contribution in [3.8, 4) is 5.69 Å². The molecule has 2 aromatic heterocycles. The number of carbonyl (C=O) groups is 3. The quantitative estimate of drug-likeness (QED) is 0.454. The Labute approximate surface area is 181 Å². The highest BCUT2D eigenvalue weighted by Crippen LogP contribution is 2.20. The van der Waals surface area contributed by atoms with Crippen molar-refractivity contribution in [1.29, 1.82) is 0 Å². The van der Waals surface area contributed by atoms with E-state index < -0.39 is 24.3 Å². The maximum atomic E-state index is 12.6. The van der Waals surface area contributed by atoms with Crippen LogP contribution < -0.4 is 0 Å². The molecule has 1 N–H and O–H groups in total. The first-order valence-electron chi connectivity index (χ1n) is 10.1. The summed E-state index contributed by atoms with van der Waals surface area (Å²) in [5.41, 5.74) is 5.08. The maximum Gasteiger partial charge on any atom is 0.340 e. The Morgan fingerprint density at radius 2 is 1.48 bits per heavy atom. The van der Waals surface area contributed by atoms with Gasteiger partial charge in [0.15, 0.2) is 6.61 Å². The summed E-state index contributed by atoms with van der Waals surface area (Å²) >= 11 is 0. The fourth-order valence-corrected chi connectivity index (χ4v) is 3.65. The number of aryl methyl sites for hydroxylation is 3. The van der Waals surface area contributed by atoms with Crippen LogP contribution in [0.15, 0.2) is 36.4 Å². The molecule has 3 rings (SSSR count). The highest BCUT2D eigenvalue weighted by atomic mass is 16.5. The Kier molecular flexibility index (Phi) is 6.44. The summed E-state index contributed by atoms with van der Waals surface area (Å²) in [6.45, 7) is 8.91. The number of H-pyrrole nitrogens is 1. The Hall–Kier alpha value is -3.61. The lowest BCUT2D eigenvalue weighted by Crippen LogP contribution is -2.16. The van der Waals surface area contributed by atoms with Crippen molar-refractivity contribution < 1.29 is 23.9 Å². The average Bonchev–Trinajstić information content (AvgIpc) is 3.23. The molecule has 3 aromatic rings. The van der Waals surface area contributed by atoms with Gasteiger partial charge in [0.05, 0.1) is 23.4 Å². The van der Waals surface area contributed by atoms with E-state index in [4.69, 9.17) is 9.47 Å². The third-order valence-electron chi connectivity index (χ3n) is 5.16. The van der Waals surface area contributed by atoms with Crippen LogP contribution in [0.25, 0.3) is 5.69 Å². The van der Waals surface area contributed by atoms with E-state index in [0.29, 0.717) is 22.4 Å². The van der Waals surface area contributed by atoms with Crippen LogP contribution in [0.3, 0.4) is 0 Å². The molecule has 0 amide bonds. The van der Waals surface area contributed by atoms with Crippen molar-refractivity contribution in [3.05, 3.63) is 75.9 Å². The Morgan fingerprint density at radius 1 is 0.871 bits per heavy atom. The van der Waals surface area contributed by atoms with Crippen molar-refractivity contribution in [2.75, 3.05) is 13.2 Å².